The van der Waals surface area contributed by atoms with Gasteiger partial charge in [-0.25, -0.2) is 4.39 Å². The molecule has 2 heterocycles. The quantitative estimate of drug-likeness (QED) is 0.779. The Balaban J connectivity index is 1.84. The molecule has 0 aliphatic rings. The summed E-state index contributed by atoms with van der Waals surface area (Å²) in [6, 6.07) is 8.35. The Bertz CT molecular complexity index is 758. The molecule has 0 aliphatic carbocycles. The summed E-state index contributed by atoms with van der Waals surface area (Å²) in [5.41, 5.74) is 2.46. The van der Waals surface area contributed by atoms with Gasteiger partial charge in [0.15, 0.2) is 0 Å². The number of aliphatic hydroxyl groups excluding tert-OH is 1. The number of rotatable bonds is 3. The number of pyridine rings is 1. The number of hydrogen-bond donors (Lipinski definition) is 1. The van der Waals surface area contributed by atoms with E-state index >= 15 is 0 Å². The number of hydrogen-bond acceptors (Lipinski definition) is 3. The number of halogens is 2. The van der Waals surface area contributed by atoms with E-state index in [1.165, 1.54) is 12.1 Å². The van der Waals surface area contributed by atoms with Gasteiger partial charge in [0.1, 0.15) is 5.82 Å². The first-order chi connectivity index (χ1) is 9.63. The number of aliphatic hydroxyl groups is 1. The molecule has 0 saturated carbocycles. The van der Waals surface area contributed by atoms with Crippen molar-refractivity contribution >= 4 is 33.2 Å². The summed E-state index contributed by atoms with van der Waals surface area (Å²) in [7, 11) is 0. The lowest BCUT2D eigenvalue weighted by Crippen LogP contribution is -2.02. The van der Waals surface area contributed by atoms with Crippen molar-refractivity contribution in [1.82, 2.24) is 4.98 Å². The van der Waals surface area contributed by atoms with E-state index in [-0.39, 0.29) is 5.02 Å². The van der Waals surface area contributed by atoms with Gasteiger partial charge in [0.05, 0.1) is 21.3 Å². The van der Waals surface area contributed by atoms with E-state index in [2.05, 4.69) is 4.98 Å². The van der Waals surface area contributed by atoms with Crippen LogP contribution in [0.4, 0.5) is 4.39 Å². The lowest BCUT2D eigenvalue weighted by Gasteiger charge is -2.11. The highest BCUT2D eigenvalue weighted by Gasteiger charge is 2.11. The molecule has 102 valence electrons. The number of benzene rings is 1. The summed E-state index contributed by atoms with van der Waals surface area (Å²) < 4.78 is 14.1. The molecule has 5 heteroatoms. The van der Waals surface area contributed by atoms with Crippen molar-refractivity contribution < 1.29 is 9.50 Å². The Hall–Kier alpha value is -1.49. The number of thiophene rings is 1. The highest BCUT2D eigenvalue weighted by molar-refractivity contribution is 7.17. The number of fused-ring (bicyclic) bond motifs is 1. The Morgan fingerprint density at radius 1 is 1.30 bits per heavy atom. The summed E-state index contributed by atoms with van der Waals surface area (Å²) in [6.07, 6.45) is 1.36. The Kier molecular flexibility index (Phi) is 3.70. The minimum Gasteiger partial charge on any atom is -0.388 e. The minimum atomic E-state index is -0.685. The maximum absolute atomic E-state index is 13.1. The SMILES string of the molecule is OC(Cc1ccc(F)c(Cl)c1)c1cnc2ccsc2c1. The van der Waals surface area contributed by atoms with Crippen molar-refractivity contribution in [2.45, 2.75) is 12.5 Å². The molecular formula is C15H11ClFNOS. The normalized spacial score (nSPS) is 12.8. The average Bonchev–Trinajstić information content (AvgIpc) is 2.90. The van der Waals surface area contributed by atoms with Crippen molar-refractivity contribution in [3.05, 3.63) is 63.9 Å². The van der Waals surface area contributed by atoms with Gasteiger partial charge >= 0.3 is 0 Å². The molecule has 3 rings (SSSR count). The summed E-state index contributed by atoms with van der Waals surface area (Å²) in [5.74, 6) is -0.452. The van der Waals surface area contributed by atoms with E-state index in [1.807, 2.05) is 17.5 Å². The van der Waals surface area contributed by atoms with Crippen LogP contribution >= 0.6 is 22.9 Å². The molecule has 20 heavy (non-hydrogen) atoms. The average molecular weight is 308 g/mol. The zero-order valence-electron chi connectivity index (χ0n) is 10.4. The van der Waals surface area contributed by atoms with Gasteiger partial charge in [0.25, 0.3) is 0 Å². The smallest absolute Gasteiger partial charge is 0.141 e. The molecule has 0 aliphatic heterocycles. The highest BCUT2D eigenvalue weighted by atomic mass is 35.5. The van der Waals surface area contributed by atoms with Crippen molar-refractivity contribution in [3.63, 3.8) is 0 Å². The largest absolute Gasteiger partial charge is 0.388 e. The van der Waals surface area contributed by atoms with Crippen LogP contribution in [0, 0.1) is 5.82 Å². The Labute approximate surface area is 124 Å². The highest BCUT2D eigenvalue weighted by Crippen LogP contribution is 2.25. The van der Waals surface area contributed by atoms with Crippen LogP contribution in [0.1, 0.15) is 17.2 Å². The molecule has 1 atom stereocenters. The molecule has 0 amide bonds. The molecule has 0 radical (unpaired) electrons. The Morgan fingerprint density at radius 2 is 2.15 bits per heavy atom. The maximum Gasteiger partial charge on any atom is 0.141 e. The topological polar surface area (TPSA) is 33.1 Å². The molecule has 2 aromatic heterocycles. The molecule has 1 N–H and O–H groups in total. The van der Waals surface area contributed by atoms with Gasteiger partial charge in [-0.1, -0.05) is 17.7 Å². The van der Waals surface area contributed by atoms with E-state index in [4.69, 9.17) is 11.6 Å². The molecule has 1 unspecified atom stereocenters. The molecule has 0 fully saturated rings. The van der Waals surface area contributed by atoms with E-state index in [0.29, 0.717) is 6.42 Å². The summed E-state index contributed by atoms with van der Waals surface area (Å²) in [5, 5.41) is 12.3. The molecule has 0 spiro atoms. The van der Waals surface area contributed by atoms with Crippen molar-refractivity contribution in [2.24, 2.45) is 0 Å². The fourth-order valence-corrected chi connectivity index (χ4v) is 3.04. The van der Waals surface area contributed by atoms with E-state index in [1.54, 1.807) is 23.6 Å². The van der Waals surface area contributed by atoms with Crippen LogP contribution in [-0.2, 0) is 6.42 Å². The first-order valence-corrected chi connectivity index (χ1v) is 7.34. The second-order valence-electron chi connectivity index (χ2n) is 4.54. The van der Waals surface area contributed by atoms with Crippen LogP contribution in [0.15, 0.2) is 41.9 Å². The summed E-state index contributed by atoms with van der Waals surface area (Å²) >= 11 is 7.32. The fraction of sp³-hybridized carbons (Fsp3) is 0.133. The monoisotopic (exact) mass is 307 g/mol. The fourth-order valence-electron chi connectivity index (χ4n) is 2.05. The van der Waals surface area contributed by atoms with E-state index < -0.39 is 11.9 Å². The molecule has 1 aromatic carbocycles. The van der Waals surface area contributed by atoms with E-state index in [9.17, 15) is 9.50 Å². The van der Waals surface area contributed by atoms with Crippen LogP contribution in [0.2, 0.25) is 5.02 Å². The van der Waals surface area contributed by atoms with Gasteiger partial charge in [0.2, 0.25) is 0 Å². The van der Waals surface area contributed by atoms with Crippen molar-refractivity contribution in [1.29, 1.82) is 0 Å². The molecule has 0 saturated heterocycles. The first kappa shape index (κ1) is 13.5. The lowest BCUT2D eigenvalue weighted by atomic mass is 10.0. The summed E-state index contributed by atoms with van der Waals surface area (Å²) in [4.78, 5) is 4.30. The third-order valence-corrected chi connectivity index (χ3v) is 4.26. The third kappa shape index (κ3) is 2.68. The predicted molar refractivity (Wildman–Crippen MR) is 79.7 cm³/mol. The Morgan fingerprint density at radius 3 is 2.95 bits per heavy atom. The van der Waals surface area contributed by atoms with Gasteiger partial charge < -0.3 is 5.11 Å². The van der Waals surface area contributed by atoms with Crippen molar-refractivity contribution in [2.75, 3.05) is 0 Å². The van der Waals surface area contributed by atoms with Gasteiger partial charge in [-0.15, -0.1) is 11.3 Å². The van der Waals surface area contributed by atoms with Gasteiger partial charge in [-0.2, -0.15) is 0 Å². The van der Waals surface area contributed by atoms with Crippen molar-refractivity contribution in [3.8, 4) is 0 Å². The predicted octanol–water partition coefficient (Wildman–Crippen LogP) is 4.36. The van der Waals surface area contributed by atoms with Crippen LogP contribution in [0.5, 0.6) is 0 Å². The molecule has 2 nitrogen and oxygen atoms in total. The standard InChI is InChI=1S/C15H11ClFNOS/c16-11-5-9(1-2-12(11)17)6-14(19)10-7-15-13(18-8-10)3-4-20-15/h1-5,7-8,14,19H,6H2. The zero-order chi connectivity index (χ0) is 14.1. The zero-order valence-corrected chi connectivity index (χ0v) is 12.0. The van der Waals surface area contributed by atoms with Gasteiger partial charge in [-0.05, 0) is 35.2 Å². The maximum atomic E-state index is 13.1. The van der Waals surface area contributed by atoms with Crippen LogP contribution < -0.4 is 0 Å². The van der Waals surface area contributed by atoms with Gasteiger partial charge in [0, 0.05) is 18.2 Å². The second kappa shape index (κ2) is 5.48. The minimum absolute atomic E-state index is 0.0709. The van der Waals surface area contributed by atoms with Crippen LogP contribution in [-0.4, -0.2) is 10.1 Å². The summed E-state index contributed by atoms with van der Waals surface area (Å²) in [6.45, 7) is 0. The number of nitrogens with zero attached hydrogens (tertiary/aromatic N) is 1. The number of aromatic nitrogens is 1. The second-order valence-corrected chi connectivity index (χ2v) is 5.90. The molecular weight excluding hydrogens is 297 g/mol. The third-order valence-electron chi connectivity index (χ3n) is 3.12. The van der Waals surface area contributed by atoms with Crippen LogP contribution in [0.25, 0.3) is 10.2 Å². The van der Waals surface area contributed by atoms with Crippen LogP contribution in [0.3, 0.4) is 0 Å². The molecule has 3 aromatic rings. The van der Waals surface area contributed by atoms with Gasteiger partial charge in [-0.3, -0.25) is 4.98 Å². The van der Waals surface area contributed by atoms with E-state index in [0.717, 1.165) is 21.3 Å². The first-order valence-electron chi connectivity index (χ1n) is 6.08. The molecule has 0 bridgehead atoms. The lowest BCUT2D eigenvalue weighted by molar-refractivity contribution is 0.178.